The van der Waals surface area contributed by atoms with Gasteiger partial charge in [0.15, 0.2) is 0 Å². The number of nitrogens with one attached hydrogen (secondary N) is 1. The molecule has 0 amide bonds. The molecule has 0 bridgehead atoms. The molecule has 1 aliphatic rings. The molecule has 0 saturated carbocycles. The summed E-state index contributed by atoms with van der Waals surface area (Å²) in [7, 11) is 4.13. The third-order valence-electron chi connectivity index (χ3n) is 5.31. The van der Waals surface area contributed by atoms with E-state index in [1.807, 2.05) is 18.3 Å². The molecule has 0 radical (unpaired) electrons. The number of rotatable bonds is 5. The number of benzene rings is 1. The molecule has 6 heteroatoms. The zero-order valence-corrected chi connectivity index (χ0v) is 18.7. The van der Waals surface area contributed by atoms with Gasteiger partial charge in [0.1, 0.15) is 17.3 Å². The van der Waals surface area contributed by atoms with Crippen LogP contribution in [0.2, 0.25) is 0 Å². The molecule has 6 nitrogen and oxygen atoms in total. The molecule has 0 fully saturated rings. The van der Waals surface area contributed by atoms with Crippen LogP contribution in [-0.4, -0.2) is 45.6 Å². The largest absolute Gasteiger partial charge is 0.378 e. The van der Waals surface area contributed by atoms with Gasteiger partial charge in [0.05, 0.1) is 12.2 Å². The Bertz CT molecular complexity index is 983. The molecule has 0 saturated heterocycles. The number of hydrogen-bond donors (Lipinski definition) is 1. The summed E-state index contributed by atoms with van der Waals surface area (Å²) in [5.74, 6) is 2.23. The van der Waals surface area contributed by atoms with Crippen LogP contribution >= 0.6 is 0 Å². The van der Waals surface area contributed by atoms with Gasteiger partial charge in [-0.15, -0.1) is 0 Å². The van der Waals surface area contributed by atoms with Crippen LogP contribution in [0.5, 0.6) is 0 Å². The average molecular weight is 405 g/mol. The Balaban J connectivity index is 1.66. The first kappa shape index (κ1) is 20.4. The molecule has 0 atom stereocenters. The van der Waals surface area contributed by atoms with Crippen molar-refractivity contribution in [3.05, 3.63) is 60.2 Å². The first-order chi connectivity index (χ1) is 14.3. The quantitative estimate of drug-likeness (QED) is 0.689. The van der Waals surface area contributed by atoms with Gasteiger partial charge in [0.25, 0.3) is 0 Å². The molecule has 0 unspecified atom stereocenters. The zero-order chi connectivity index (χ0) is 21.3. The van der Waals surface area contributed by atoms with Crippen LogP contribution in [0.25, 0.3) is 11.3 Å². The van der Waals surface area contributed by atoms with Gasteiger partial charge in [0, 0.05) is 56.7 Å². The van der Waals surface area contributed by atoms with Gasteiger partial charge in [0.2, 0.25) is 0 Å². The molecule has 30 heavy (non-hydrogen) atoms. The maximum Gasteiger partial charge on any atom is 0.134 e. The molecule has 1 aromatic carbocycles. The van der Waals surface area contributed by atoms with Gasteiger partial charge in [-0.2, -0.15) is 0 Å². The zero-order valence-electron chi connectivity index (χ0n) is 18.7. The Morgan fingerprint density at radius 2 is 1.80 bits per heavy atom. The van der Waals surface area contributed by atoms with E-state index in [0.717, 1.165) is 54.8 Å². The van der Waals surface area contributed by atoms with E-state index in [0.29, 0.717) is 0 Å². The van der Waals surface area contributed by atoms with Crippen LogP contribution in [0.4, 0.5) is 11.5 Å². The maximum atomic E-state index is 5.10. The fourth-order valence-electron chi connectivity index (χ4n) is 3.84. The molecule has 3 heterocycles. The van der Waals surface area contributed by atoms with Gasteiger partial charge in [-0.05, 0) is 45.0 Å². The normalized spacial score (nSPS) is 14.4. The number of pyridine rings is 1. The molecule has 158 valence electrons. The van der Waals surface area contributed by atoms with Crippen molar-refractivity contribution in [2.24, 2.45) is 0 Å². The van der Waals surface area contributed by atoms with Gasteiger partial charge in [-0.3, -0.25) is 9.88 Å². The summed E-state index contributed by atoms with van der Waals surface area (Å²) in [5, 5.41) is 3.72. The molecule has 2 aromatic heterocycles. The van der Waals surface area contributed by atoms with Gasteiger partial charge < -0.3 is 14.8 Å². The number of hydrogen-bond acceptors (Lipinski definition) is 5. The fraction of sp³-hybridized carbons (Fsp3) is 0.417. The standard InChI is InChI=1S/C24H32N6/c1-24(2,3)27-23-22(18-9-11-20(12-10-18)28(4)5)26-21-17-29(14-15-30(21)23)16-19-8-6-7-13-25-19/h6-13,27H,14-17H2,1-5H3. The summed E-state index contributed by atoms with van der Waals surface area (Å²) < 4.78 is 2.36. The number of aromatic nitrogens is 3. The summed E-state index contributed by atoms with van der Waals surface area (Å²) in [4.78, 5) is 14.1. The summed E-state index contributed by atoms with van der Waals surface area (Å²) in [5.41, 5.74) is 4.43. The van der Waals surface area contributed by atoms with Gasteiger partial charge in [-0.1, -0.05) is 18.2 Å². The minimum Gasteiger partial charge on any atom is -0.378 e. The summed E-state index contributed by atoms with van der Waals surface area (Å²) >= 11 is 0. The molecular weight excluding hydrogens is 372 g/mol. The highest BCUT2D eigenvalue weighted by atomic mass is 15.3. The number of nitrogens with zero attached hydrogens (tertiary/aromatic N) is 5. The number of anilines is 2. The van der Waals surface area contributed by atoms with Crippen LogP contribution in [0.15, 0.2) is 48.7 Å². The lowest BCUT2D eigenvalue weighted by atomic mass is 10.1. The van der Waals surface area contributed by atoms with Crippen molar-refractivity contribution in [2.75, 3.05) is 30.9 Å². The lowest BCUT2D eigenvalue weighted by Gasteiger charge is -2.30. The van der Waals surface area contributed by atoms with E-state index in [-0.39, 0.29) is 5.54 Å². The van der Waals surface area contributed by atoms with E-state index in [1.54, 1.807) is 0 Å². The second-order valence-electron chi connectivity index (χ2n) is 9.22. The minimum atomic E-state index is -0.0414. The Morgan fingerprint density at radius 1 is 1.03 bits per heavy atom. The van der Waals surface area contributed by atoms with Crippen molar-refractivity contribution < 1.29 is 0 Å². The first-order valence-electron chi connectivity index (χ1n) is 10.6. The van der Waals surface area contributed by atoms with Gasteiger partial charge in [-0.25, -0.2) is 4.98 Å². The molecule has 1 N–H and O–H groups in total. The molecule has 0 aliphatic carbocycles. The second-order valence-corrected chi connectivity index (χ2v) is 9.22. The Labute approximate surface area is 179 Å². The smallest absolute Gasteiger partial charge is 0.134 e. The third-order valence-corrected chi connectivity index (χ3v) is 5.31. The summed E-state index contributed by atoms with van der Waals surface area (Å²) in [6.07, 6.45) is 1.86. The van der Waals surface area contributed by atoms with Crippen LogP contribution in [0.3, 0.4) is 0 Å². The van der Waals surface area contributed by atoms with Crippen molar-refractivity contribution in [3.63, 3.8) is 0 Å². The predicted octanol–water partition coefficient (Wildman–Crippen LogP) is 4.24. The van der Waals surface area contributed by atoms with Crippen LogP contribution in [0, 0.1) is 0 Å². The lowest BCUT2D eigenvalue weighted by molar-refractivity contribution is 0.207. The van der Waals surface area contributed by atoms with Crippen molar-refractivity contribution in [3.8, 4) is 11.3 Å². The Morgan fingerprint density at radius 3 is 2.43 bits per heavy atom. The lowest BCUT2D eigenvalue weighted by Crippen LogP contribution is -2.35. The van der Waals surface area contributed by atoms with Gasteiger partial charge >= 0.3 is 0 Å². The summed E-state index contributed by atoms with van der Waals surface area (Å²) in [6, 6.07) is 14.8. The van der Waals surface area contributed by atoms with E-state index in [1.165, 1.54) is 5.69 Å². The van der Waals surface area contributed by atoms with Crippen molar-refractivity contribution in [2.45, 2.75) is 45.9 Å². The van der Waals surface area contributed by atoms with Crippen LogP contribution < -0.4 is 10.2 Å². The molecule has 0 spiro atoms. The Kier molecular flexibility index (Phi) is 5.52. The van der Waals surface area contributed by atoms with Crippen LogP contribution in [-0.2, 0) is 19.6 Å². The highest BCUT2D eigenvalue weighted by Gasteiger charge is 2.26. The highest BCUT2D eigenvalue weighted by Crippen LogP contribution is 2.33. The van der Waals surface area contributed by atoms with E-state index >= 15 is 0 Å². The molecule has 4 rings (SSSR count). The van der Waals surface area contributed by atoms with Crippen molar-refractivity contribution in [1.82, 2.24) is 19.4 Å². The number of fused-ring (bicyclic) bond motifs is 1. The topological polar surface area (TPSA) is 49.2 Å². The first-order valence-corrected chi connectivity index (χ1v) is 10.6. The molecular formula is C24H32N6. The van der Waals surface area contributed by atoms with E-state index in [2.05, 4.69) is 89.9 Å². The fourth-order valence-corrected chi connectivity index (χ4v) is 3.84. The SMILES string of the molecule is CN(C)c1ccc(-c2nc3n(c2NC(C)(C)C)CCN(Cc2ccccn2)C3)cc1. The molecule has 1 aliphatic heterocycles. The van der Waals surface area contributed by atoms with Crippen LogP contribution in [0.1, 0.15) is 32.3 Å². The monoisotopic (exact) mass is 404 g/mol. The Hall–Kier alpha value is -2.86. The van der Waals surface area contributed by atoms with E-state index in [4.69, 9.17) is 4.98 Å². The highest BCUT2D eigenvalue weighted by molar-refractivity contribution is 5.74. The average Bonchev–Trinajstić information content (AvgIpc) is 3.05. The molecule has 3 aromatic rings. The summed E-state index contributed by atoms with van der Waals surface area (Å²) in [6.45, 7) is 10.2. The second kappa shape index (κ2) is 8.11. The van der Waals surface area contributed by atoms with Crippen molar-refractivity contribution in [1.29, 1.82) is 0 Å². The minimum absolute atomic E-state index is 0.0414. The third kappa shape index (κ3) is 4.49. The number of imidazole rings is 1. The van der Waals surface area contributed by atoms with E-state index < -0.39 is 0 Å². The maximum absolute atomic E-state index is 5.10. The van der Waals surface area contributed by atoms with Crippen molar-refractivity contribution >= 4 is 11.5 Å². The predicted molar refractivity (Wildman–Crippen MR) is 124 cm³/mol. The van der Waals surface area contributed by atoms with E-state index in [9.17, 15) is 0 Å².